The Morgan fingerprint density at radius 1 is 1.04 bits per heavy atom. The van der Waals surface area contributed by atoms with Crippen LogP contribution in [0.25, 0.3) is 6.08 Å². The van der Waals surface area contributed by atoms with Crippen molar-refractivity contribution in [3.05, 3.63) is 65.7 Å². The van der Waals surface area contributed by atoms with Crippen molar-refractivity contribution < 1.29 is 19.0 Å². The van der Waals surface area contributed by atoms with E-state index in [1.165, 1.54) is 6.08 Å². The van der Waals surface area contributed by atoms with Gasteiger partial charge < -0.3 is 19.5 Å². The topological polar surface area (TPSA) is 56.8 Å². The molecule has 142 valence electrons. The van der Waals surface area contributed by atoms with E-state index >= 15 is 0 Å². The minimum Gasteiger partial charge on any atom is -0.497 e. The normalized spacial score (nSPS) is 16.1. The van der Waals surface area contributed by atoms with Crippen molar-refractivity contribution in [2.45, 2.75) is 18.4 Å². The van der Waals surface area contributed by atoms with Gasteiger partial charge in [-0.1, -0.05) is 30.3 Å². The average Bonchev–Trinajstić information content (AvgIpc) is 2.73. The van der Waals surface area contributed by atoms with Crippen LogP contribution in [0.15, 0.2) is 54.6 Å². The zero-order chi connectivity index (χ0) is 19.1. The Kier molecular flexibility index (Phi) is 6.14. The smallest absolute Gasteiger partial charge is 0.331 e. The minimum absolute atomic E-state index is 0.370. The first-order valence-corrected chi connectivity index (χ1v) is 9.06. The van der Waals surface area contributed by atoms with E-state index in [9.17, 15) is 4.79 Å². The molecule has 0 atom stereocenters. The van der Waals surface area contributed by atoms with Crippen LogP contribution in [0, 0.1) is 0 Å². The van der Waals surface area contributed by atoms with Gasteiger partial charge in [-0.25, -0.2) is 4.79 Å². The van der Waals surface area contributed by atoms with Crippen molar-refractivity contribution in [2.24, 2.45) is 0 Å². The maximum atomic E-state index is 12.6. The van der Waals surface area contributed by atoms with Gasteiger partial charge in [-0.05, 0) is 42.9 Å². The summed E-state index contributed by atoms with van der Waals surface area (Å²) in [4.78, 5) is 12.6. The highest BCUT2D eigenvalue weighted by molar-refractivity contribution is 5.88. The van der Waals surface area contributed by atoms with Crippen LogP contribution in [0.1, 0.15) is 24.0 Å². The lowest BCUT2D eigenvalue weighted by atomic mass is 9.85. The van der Waals surface area contributed by atoms with Gasteiger partial charge in [-0.3, -0.25) is 0 Å². The second kappa shape index (κ2) is 8.73. The standard InChI is InChI=1S/C22H25NO4/c1-25-19-9-10-20(26-2)17(16-19)8-11-21(24)27-22(12-14-23-15-13-22)18-6-4-3-5-7-18/h3-11,16,23H,12-15H2,1-2H3/b11-8+. The number of benzene rings is 2. The van der Waals surface area contributed by atoms with Crippen LogP contribution < -0.4 is 14.8 Å². The molecule has 1 fully saturated rings. The zero-order valence-electron chi connectivity index (χ0n) is 15.7. The molecule has 0 aliphatic carbocycles. The second-order valence-corrected chi connectivity index (χ2v) is 6.47. The first kappa shape index (κ1) is 19.0. The molecule has 2 aromatic rings. The molecule has 0 spiro atoms. The third-order valence-corrected chi connectivity index (χ3v) is 4.84. The van der Waals surface area contributed by atoms with Gasteiger partial charge in [-0.2, -0.15) is 0 Å². The number of esters is 1. The first-order chi connectivity index (χ1) is 13.2. The summed E-state index contributed by atoms with van der Waals surface area (Å²) in [5.41, 5.74) is 1.20. The first-order valence-electron chi connectivity index (χ1n) is 9.06. The summed E-state index contributed by atoms with van der Waals surface area (Å²) in [6, 6.07) is 15.4. The SMILES string of the molecule is COc1ccc(OC)c(/C=C/C(=O)OC2(c3ccccc3)CCNCC2)c1. The van der Waals surface area contributed by atoms with Gasteiger partial charge >= 0.3 is 5.97 Å². The van der Waals surface area contributed by atoms with E-state index in [1.807, 2.05) is 48.5 Å². The van der Waals surface area contributed by atoms with Gasteiger partial charge in [0.15, 0.2) is 0 Å². The van der Waals surface area contributed by atoms with Crippen molar-refractivity contribution in [3.63, 3.8) is 0 Å². The minimum atomic E-state index is -0.591. The van der Waals surface area contributed by atoms with Crippen LogP contribution in [0.4, 0.5) is 0 Å². The van der Waals surface area contributed by atoms with E-state index in [0.717, 1.165) is 37.1 Å². The Bertz CT molecular complexity index is 795. The van der Waals surface area contributed by atoms with Gasteiger partial charge in [-0.15, -0.1) is 0 Å². The number of methoxy groups -OCH3 is 2. The Labute approximate surface area is 159 Å². The summed E-state index contributed by atoms with van der Waals surface area (Å²) < 4.78 is 16.6. The fourth-order valence-electron chi connectivity index (χ4n) is 3.38. The Balaban J connectivity index is 1.80. The molecule has 1 heterocycles. The van der Waals surface area contributed by atoms with Crippen LogP contribution in [-0.2, 0) is 15.1 Å². The second-order valence-electron chi connectivity index (χ2n) is 6.47. The highest BCUT2D eigenvalue weighted by Crippen LogP contribution is 2.35. The highest BCUT2D eigenvalue weighted by Gasteiger charge is 2.37. The number of piperidine rings is 1. The number of nitrogens with one attached hydrogen (secondary N) is 1. The number of rotatable bonds is 6. The van der Waals surface area contributed by atoms with Crippen LogP contribution in [0.5, 0.6) is 11.5 Å². The largest absolute Gasteiger partial charge is 0.497 e. The fourth-order valence-corrected chi connectivity index (χ4v) is 3.38. The summed E-state index contributed by atoms with van der Waals surface area (Å²) in [5, 5.41) is 3.33. The lowest BCUT2D eigenvalue weighted by Gasteiger charge is -2.37. The summed E-state index contributed by atoms with van der Waals surface area (Å²) in [5.74, 6) is 0.994. The number of carbonyl (C=O) groups excluding carboxylic acids is 1. The Morgan fingerprint density at radius 3 is 2.44 bits per heavy atom. The Morgan fingerprint density at radius 2 is 1.78 bits per heavy atom. The van der Waals surface area contributed by atoms with E-state index in [0.29, 0.717) is 11.5 Å². The van der Waals surface area contributed by atoms with E-state index in [1.54, 1.807) is 20.3 Å². The van der Waals surface area contributed by atoms with E-state index in [2.05, 4.69) is 5.32 Å². The van der Waals surface area contributed by atoms with Gasteiger partial charge in [0.25, 0.3) is 0 Å². The molecule has 0 amide bonds. The van der Waals surface area contributed by atoms with E-state index < -0.39 is 5.60 Å². The third-order valence-electron chi connectivity index (χ3n) is 4.84. The summed E-state index contributed by atoms with van der Waals surface area (Å²) in [7, 11) is 3.20. The molecule has 27 heavy (non-hydrogen) atoms. The molecule has 1 aliphatic heterocycles. The van der Waals surface area contributed by atoms with Crippen LogP contribution in [-0.4, -0.2) is 33.3 Å². The molecule has 3 rings (SSSR count). The lowest BCUT2D eigenvalue weighted by Crippen LogP contribution is -2.42. The van der Waals surface area contributed by atoms with Gasteiger partial charge in [0.2, 0.25) is 0 Å². The predicted octanol–water partition coefficient (Wildman–Crippen LogP) is 3.54. The van der Waals surface area contributed by atoms with E-state index in [4.69, 9.17) is 14.2 Å². The summed E-state index contributed by atoms with van der Waals surface area (Å²) >= 11 is 0. The number of carbonyl (C=O) groups is 1. The third kappa shape index (κ3) is 4.49. The van der Waals surface area contributed by atoms with Crippen LogP contribution >= 0.6 is 0 Å². The molecule has 0 aromatic heterocycles. The Hall–Kier alpha value is -2.79. The maximum absolute atomic E-state index is 12.6. The van der Waals surface area contributed by atoms with Crippen molar-refractivity contribution >= 4 is 12.0 Å². The predicted molar refractivity (Wildman–Crippen MR) is 105 cm³/mol. The number of ether oxygens (including phenoxy) is 3. The van der Waals surface area contributed by atoms with Gasteiger partial charge in [0.1, 0.15) is 17.1 Å². The molecule has 1 N–H and O–H groups in total. The van der Waals surface area contributed by atoms with Gasteiger partial charge in [0.05, 0.1) is 14.2 Å². The maximum Gasteiger partial charge on any atom is 0.331 e. The number of hydrogen-bond donors (Lipinski definition) is 1. The lowest BCUT2D eigenvalue weighted by molar-refractivity contribution is -0.157. The molecular weight excluding hydrogens is 342 g/mol. The molecule has 1 saturated heterocycles. The molecule has 1 aliphatic rings. The van der Waals surface area contributed by atoms with Crippen LogP contribution in [0.3, 0.4) is 0 Å². The average molecular weight is 367 g/mol. The molecule has 2 aromatic carbocycles. The van der Waals surface area contributed by atoms with Crippen molar-refractivity contribution in [1.82, 2.24) is 5.32 Å². The quantitative estimate of drug-likeness (QED) is 0.625. The molecule has 5 heteroatoms. The monoisotopic (exact) mass is 367 g/mol. The summed E-state index contributed by atoms with van der Waals surface area (Å²) in [6.07, 6.45) is 4.64. The molecule has 5 nitrogen and oxygen atoms in total. The van der Waals surface area contributed by atoms with Gasteiger partial charge in [0, 0.05) is 24.5 Å². The van der Waals surface area contributed by atoms with Crippen LogP contribution in [0.2, 0.25) is 0 Å². The highest BCUT2D eigenvalue weighted by atomic mass is 16.6. The molecule has 0 unspecified atom stereocenters. The molecular formula is C22H25NO4. The van der Waals surface area contributed by atoms with Crippen molar-refractivity contribution in [2.75, 3.05) is 27.3 Å². The molecule has 0 radical (unpaired) electrons. The molecule has 0 saturated carbocycles. The molecule has 0 bridgehead atoms. The van der Waals surface area contributed by atoms with Crippen molar-refractivity contribution in [1.29, 1.82) is 0 Å². The van der Waals surface area contributed by atoms with Crippen molar-refractivity contribution in [3.8, 4) is 11.5 Å². The van der Waals surface area contributed by atoms with E-state index in [-0.39, 0.29) is 5.97 Å². The number of hydrogen-bond acceptors (Lipinski definition) is 5. The summed E-state index contributed by atoms with van der Waals surface area (Å²) in [6.45, 7) is 1.63. The zero-order valence-corrected chi connectivity index (χ0v) is 15.7. The fraction of sp³-hybridized carbons (Fsp3) is 0.318.